The molecule has 29 heavy (non-hydrogen) atoms. The fraction of sp³-hybridized carbons (Fsp3) is 0.0500. The van der Waals surface area contributed by atoms with Gasteiger partial charge >= 0.3 is 0 Å². The van der Waals surface area contributed by atoms with E-state index in [2.05, 4.69) is 36.0 Å². The molecule has 142 valence electrons. The van der Waals surface area contributed by atoms with E-state index in [1.54, 1.807) is 11.6 Å². The van der Waals surface area contributed by atoms with Crippen molar-refractivity contribution in [2.45, 2.75) is 0 Å². The summed E-state index contributed by atoms with van der Waals surface area (Å²) in [6.45, 7) is 0. The van der Waals surface area contributed by atoms with Gasteiger partial charge in [0.15, 0.2) is 11.5 Å². The predicted molar refractivity (Wildman–Crippen MR) is 108 cm³/mol. The third-order valence-electron chi connectivity index (χ3n) is 4.52. The first-order valence-corrected chi connectivity index (χ1v) is 8.91. The van der Waals surface area contributed by atoms with E-state index in [1.807, 2.05) is 66.9 Å². The molecule has 5 aromatic rings. The Morgan fingerprint density at radius 3 is 2.48 bits per heavy atom. The average Bonchev–Trinajstić information content (AvgIpc) is 3.44. The van der Waals surface area contributed by atoms with Crippen LogP contribution >= 0.6 is 0 Å². The van der Waals surface area contributed by atoms with Gasteiger partial charge in [-0.3, -0.25) is 0 Å². The number of benzene rings is 2. The topological polar surface area (TPSA) is 106 Å². The van der Waals surface area contributed by atoms with E-state index in [0.717, 1.165) is 33.8 Å². The highest BCUT2D eigenvalue weighted by atomic mass is 16.5. The van der Waals surface area contributed by atoms with Crippen molar-refractivity contribution in [3.8, 4) is 28.3 Å². The van der Waals surface area contributed by atoms with Crippen LogP contribution in [0.15, 0.2) is 66.9 Å². The summed E-state index contributed by atoms with van der Waals surface area (Å²) in [5, 5.41) is 21.6. The summed E-state index contributed by atoms with van der Waals surface area (Å²) in [5.41, 5.74) is 4.56. The Bertz CT molecular complexity index is 1240. The summed E-state index contributed by atoms with van der Waals surface area (Å²) in [7, 11) is 1.65. The summed E-state index contributed by atoms with van der Waals surface area (Å²) < 4.78 is 7.00. The SMILES string of the molecule is COc1ccc(-c2cccn3nc(Nc4ccc(-c5nnn[nH]5)cc4)nc23)cc1. The summed E-state index contributed by atoms with van der Waals surface area (Å²) in [4.78, 5) is 4.67. The minimum Gasteiger partial charge on any atom is -0.497 e. The fourth-order valence-corrected chi connectivity index (χ4v) is 3.08. The molecular weight excluding hydrogens is 368 g/mol. The van der Waals surface area contributed by atoms with Crippen molar-refractivity contribution in [1.82, 2.24) is 35.2 Å². The number of methoxy groups -OCH3 is 1. The van der Waals surface area contributed by atoms with Gasteiger partial charge in [-0.05, 0) is 64.5 Å². The number of aromatic nitrogens is 7. The van der Waals surface area contributed by atoms with E-state index < -0.39 is 0 Å². The Morgan fingerprint density at radius 1 is 0.966 bits per heavy atom. The highest BCUT2D eigenvalue weighted by Crippen LogP contribution is 2.27. The summed E-state index contributed by atoms with van der Waals surface area (Å²) >= 11 is 0. The second kappa shape index (κ2) is 7.04. The standard InChI is InChI=1S/C20H16N8O/c1-29-16-10-6-13(7-11-16)17-3-2-12-28-19(17)22-20(25-28)21-15-8-4-14(5-9-15)18-23-26-27-24-18/h2-12H,1H3,(H,21,25)(H,23,24,26,27). The first-order valence-electron chi connectivity index (χ1n) is 8.91. The molecular formula is C20H16N8O. The Kier molecular flexibility index (Phi) is 4.10. The van der Waals surface area contributed by atoms with Crippen molar-refractivity contribution in [3.05, 3.63) is 66.9 Å². The number of ether oxygens (including phenoxy) is 1. The average molecular weight is 384 g/mol. The van der Waals surface area contributed by atoms with Gasteiger partial charge in [-0.15, -0.1) is 10.2 Å². The number of fused-ring (bicyclic) bond motifs is 1. The maximum absolute atomic E-state index is 5.24. The smallest absolute Gasteiger partial charge is 0.247 e. The zero-order chi connectivity index (χ0) is 19.6. The quantitative estimate of drug-likeness (QED) is 0.479. The number of H-pyrrole nitrogens is 1. The first-order chi connectivity index (χ1) is 14.3. The zero-order valence-corrected chi connectivity index (χ0v) is 15.4. The monoisotopic (exact) mass is 384 g/mol. The highest BCUT2D eigenvalue weighted by Gasteiger charge is 2.10. The van der Waals surface area contributed by atoms with Gasteiger partial charge in [-0.1, -0.05) is 12.1 Å². The lowest BCUT2D eigenvalue weighted by atomic mass is 10.1. The van der Waals surface area contributed by atoms with Crippen LogP contribution in [-0.2, 0) is 0 Å². The van der Waals surface area contributed by atoms with Gasteiger partial charge in [0.1, 0.15) is 5.75 Å². The molecule has 0 saturated carbocycles. The molecule has 3 aromatic heterocycles. The molecule has 9 nitrogen and oxygen atoms in total. The Labute approximate surface area is 165 Å². The molecule has 5 rings (SSSR count). The molecule has 0 aliphatic rings. The number of nitrogens with one attached hydrogen (secondary N) is 2. The normalized spacial score (nSPS) is 10.9. The molecule has 0 atom stereocenters. The second-order valence-corrected chi connectivity index (χ2v) is 6.31. The van der Waals surface area contributed by atoms with Crippen molar-refractivity contribution in [1.29, 1.82) is 0 Å². The van der Waals surface area contributed by atoms with Gasteiger partial charge < -0.3 is 10.1 Å². The molecule has 2 aromatic carbocycles. The molecule has 0 amide bonds. The molecule has 2 N–H and O–H groups in total. The van der Waals surface area contributed by atoms with E-state index in [9.17, 15) is 0 Å². The molecule has 3 heterocycles. The van der Waals surface area contributed by atoms with Crippen molar-refractivity contribution < 1.29 is 4.74 Å². The number of pyridine rings is 1. The van der Waals surface area contributed by atoms with Gasteiger partial charge in [0.2, 0.25) is 5.95 Å². The summed E-state index contributed by atoms with van der Waals surface area (Å²) in [6, 6.07) is 19.5. The number of rotatable bonds is 5. The van der Waals surface area contributed by atoms with Gasteiger partial charge in [0.05, 0.1) is 7.11 Å². The Hall–Kier alpha value is -4.27. The minimum atomic E-state index is 0.514. The lowest BCUT2D eigenvalue weighted by molar-refractivity contribution is 0.415. The Morgan fingerprint density at radius 2 is 1.76 bits per heavy atom. The van der Waals surface area contributed by atoms with Crippen LogP contribution in [-0.4, -0.2) is 42.3 Å². The number of nitrogens with zero attached hydrogens (tertiary/aromatic N) is 6. The van der Waals surface area contributed by atoms with E-state index in [-0.39, 0.29) is 0 Å². The van der Waals surface area contributed by atoms with Crippen LogP contribution in [0.25, 0.3) is 28.2 Å². The van der Waals surface area contributed by atoms with Crippen LogP contribution in [0.3, 0.4) is 0 Å². The van der Waals surface area contributed by atoms with Crippen LogP contribution in [0.4, 0.5) is 11.6 Å². The highest BCUT2D eigenvalue weighted by molar-refractivity contribution is 5.78. The molecule has 0 radical (unpaired) electrons. The molecule has 0 fully saturated rings. The fourth-order valence-electron chi connectivity index (χ4n) is 3.08. The van der Waals surface area contributed by atoms with E-state index in [0.29, 0.717) is 11.8 Å². The van der Waals surface area contributed by atoms with Crippen molar-refractivity contribution in [3.63, 3.8) is 0 Å². The van der Waals surface area contributed by atoms with Crippen LogP contribution in [0.5, 0.6) is 5.75 Å². The van der Waals surface area contributed by atoms with Crippen molar-refractivity contribution >= 4 is 17.3 Å². The summed E-state index contributed by atoms with van der Waals surface area (Å²) in [6.07, 6.45) is 1.88. The van der Waals surface area contributed by atoms with Crippen molar-refractivity contribution in [2.75, 3.05) is 12.4 Å². The van der Waals surface area contributed by atoms with Crippen LogP contribution in [0.2, 0.25) is 0 Å². The molecule has 0 bridgehead atoms. The van der Waals surface area contributed by atoms with E-state index in [1.165, 1.54) is 0 Å². The zero-order valence-electron chi connectivity index (χ0n) is 15.4. The largest absolute Gasteiger partial charge is 0.497 e. The number of tetrazole rings is 1. The van der Waals surface area contributed by atoms with Crippen molar-refractivity contribution in [2.24, 2.45) is 0 Å². The molecule has 0 saturated heterocycles. The molecule has 0 unspecified atom stereocenters. The van der Waals surface area contributed by atoms with Crippen LogP contribution in [0, 0.1) is 0 Å². The molecule has 0 aliphatic carbocycles. The molecule has 0 spiro atoms. The maximum Gasteiger partial charge on any atom is 0.247 e. The number of hydrogen-bond donors (Lipinski definition) is 2. The predicted octanol–water partition coefficient (Wildman–Crippen LogP) is 3.33. The second-order valence-electron chi connectivity index (χ2n) is 6.31. The number of anilines is 2. The van der Waals surface area contributed by atoms with E-state index >= 15 is 0 Å². The van der Waals surface area contributed by atoms with Crippen LogP contribution in [0.1, 0.15) is 0 Å². The number of hydrogen-bond acceptors (Lipinski definition) is 7. The van der Waals surface area contributed by atoms with Gasteiger partial charge in [0, 0.05) is 23.0 Å². The minimum absolute atomic E-state index is 0.514. The van der Waals surface area contributed by atoms with Crippen LogP contribution < -0.4 is 10.1 Å². The molecule has 0 aliphatic heterocycles. The van der Waals surface area contributed by atoms with E-state index in [4.69, 9.17) is 4.74 Å². The lowest BCUT2D eigenvalue weighted by Gasteiger charge is -2.04. The van der Waals surface area contributed by atoms with Gasteiger partial charge in [-0.2, -0.15) is 4.98 Å². The first kappa shape index (κ1) is 16.9. The summed E-state index contributed by atoms with van der Waals surface area (Å²) in [5.74, 6) is 1.95. The maximum atomic E-state index is 5.24. The third kappa shape index (κ3) is 3.25. The van der Waals surface area contributed by atoms with Gasteiger partial charge in [0.25, 0.3) is 0 Å². The number of aromatic amines is 1. The third-order valence-corrected chi connectivity index (χ3v) is 4.52. The Balaban J connectivity index is 1.44. The lowest BCUT2D eigenvalue weighted by Crippen LogP contribution is -1.93. The van der Waals surface area contributed by atoms with Gasteiger partial charge in [-0.25, -0.2) is 9.61 Å². The molecule has 9 heteroatoms.